The summed E-state index contributed by atoms with van der Waals surface area (Å²) in [5.41, 5.74) is 0. The second kappa shape index (κ2) is 7.63. The van der Waals surface area contributed by atoms with Gasteiger partial charge < -0.3 is 15.2 Å². The van der Waals surface area contributed by atoms with E-state index in [2.05, 4.69) is 10.1 Å². The molecule has 0 aromatic heterocycles. The number of carbonyl (C=O) groups excluding carboxylic acids is 2. The summed E-state index contributed by atoms with van der Waals surface area (Å²) >= 11 is 1.53. The quantitative estimate of drug-likeness (QED) is 0.722. The monoisotopic (exact) mass is 275 g/mol. The van der Waals surface area contributed by atoms with Crippen LogP contribution in [0.4, 0.5) is 0 Å². The number of hydrogen-bond acceptors (Lipinski definition) is 5. The molecule has 1 rings (SSSR count). The van der Waals surface area contributed by atoms with Gasteiger partial charge in [-0.05, 0) is 12.8 Å². The number of aliphatic hydroxyl groups is 1. The summed E-state index contributed by atoms with van der Waals surface area (Å²) in [5.74, 6) is -0.258. The lowest BCUT2D eigenvalue weighted by molar-refractivity contribution is -0.144. The molecule has 0 saturated heterocycles. The second-order valence-corrected chi connectivity index (χ2v) is 5.77. The number of methoxy groups -OCH3 is 1. The summed E-state index contributed by atoms with van der Waals surface area (Å²) in [6.45, 7) is 1.37. The minimum Gasteiger partial charge on any atom is -0.467 e. The van der Waals surface area contributed by atoms with Gasteiger partial charge in [-0.25, -0.2) is 4.79 Å². The Bertz CT molecular complexity index is 298. The van der Waals surface area contributed by atoms with Crippen molar-refractivity contribution >= 4 is 23.6 Å². The van der Waals surface area contributed by atoms with E-state index in [0.29, 0.717) is 5.75 Å². The number of aliphatic hydroxyl groups excluding tert-OH is 1. The van der Waals surface area contributed by atoms with Crippen LogP contribution in [0, 0.1) is 0 Å². The normalized spacial score (nSPS) is 25.3. The average Bonchev–Trinajstić information content (AvgIpc) is 2.34. The zero-order chi connectivity index (χ0) is 13.5. The van der Waals surface area contributed by atoms with Gasteiger partial charge in [0, 0.05) is 17.9 Å². The molecule has 1 aliphatic carbocycles. The van der Waals surface area contributed by atoms with Gasteiger partial charge in [0.15, 0.2) is 0 Å². The van der Waals surface area contributed by atoms with Crippen LogP contribution >= 0.6 is 11.8 Å². The lowest BCUT2D eigenvalue weighted by Gasteiger charge is -2.28. The smallest absolute Gasteiger partial charge is 0.329 e. The van der Waals surface area contributed by atoms with E-state index < -0.39 is 12.0 Å². The third kappa shape index (κ3) is 4.86. The highest BCUT2D eigenvalue weighted by molar-refractivity contribution is 8.00. The molecule has 1 aliphatic rings. The van der Waals surface area contributed by atoms with Crippen LogP contribution in [0.2, 0.25) is 0 Å². The molecular weight excluding hydrogens is 254 g/mol. The van der Waals surface area contributed by atoms with Crippen molar-refractivity contribution in [2.24, 2.45) is 0 Å². The highest BCUT2D eigenvalue weighted by atomic mass is 32.2. The predicted molar refractivity (Wildman–Crippen MR) is 70.3 cm³/mol. The van der Waals surface area contributed by atoms with Gasteiger partial charge in [-0.15, -0.1) is 0 Å². The Morgan fingerprint density at radius 3 is 2.67 bits per heavy atom. The lowest BCUT2D eigenvalue weighted by Crippen LogP contribution is -2.43. The molecule has 0 aromatic carbocycles. The molecule has 2 N–H and O–H groups in total. The Labute approximate surface area is 112 Å². The number of carbonyl (C=O) groups is 2. The van der Waals surface area contributed by atoms with E-state index in [0.717, 1.165) is 25.7 Å². The van der Waals surface area contributed by atoms with Crippen molar-refractivity contribution in [3.63, 3.8) is 0 Å². The zero-order valence-electron chi connectivity index (χ0n) is 10.8. The first kappa shape index (κ1) is 15.3. The van der Waals surface area contributed by atoms with E-state index in [1.807, 2.05) is 0 Å². The molecule has 0 bridgehead atoms. The Hall–Kier alpha value is -0.750. The van der Waals surface area contributed by atoms with Crippen molar-refractivity contribution in [1.29, 1.82) is 0 Å². The summed E-state index contributed by atoms with van der Waals surface area (Å²) in [6, 6.07) is -0.633. The second-order valence-electron chi connectivity index (χ2n) is 4.50. The van der Waals surface area contributed by atoms with Crippen molar-refractivity contribution in [3.05, 3.63) is 0 Å². The van der Waals surface area contributed by atoms with Gasteiger partial charge >= 0.3 is 5.97 Å². The van der Waals surface area contributed by atoms with E-state index in [4.69, 9.17) is 0 Å². The van der Waals surface area contributed by atoms with Gasteiger partial charge in [0.05, 0.1) is 13.2 Å². The molecular formula is C12H21NO4S. The van der Waals surface area contributed by atoms with Crippen molar-refractivity contribution in [3.8, 4) is 0 Å². The number of amides is 1. The van der Waals surface area contributed by atoms with E-state index in [-0.39, 0.29) is 17.3 Å². The Morgan fingerprint density at radius 2 is 2.11 bits per heavy atom. The van der Waals surface area contributed by atoms with Crippen LogP contribution in [0.15, 0.2) is 0 Å². The molecule has 0 spiro atoms. The van der Waals surface area contributed by atoms with Gasteiger partial charge in [-0.3, -0.25) is 4.79 Å². The van der Waals surface area contributed by atoms with E-state index >= 15 is 0 Å². The topological polar surface area (TPSA) is 75.6 Å². The number of ether oxygens (including phenoxy) is 1. The van der Waals surface area contributed by atoms with Crippen LogP contribution in [-0.4, -0.2) is 47.2 Å². The molecule has 0 aliphatic heterocycles. The fourth-order valence-corrected chi connectivity index (χ4v) is 3.40. The van der Waals surface area contributed by atoms with Gasteiger partial charge in [0.25, 0.3) is 0 Å². The van der Waals surface area contributed by atoms with Gasteiger partial charge in [0.1, 0.15) is 6.04 Å². The van der Waals surface area contributed by atoms with Crippen molar-refractivity contribution in [2.45, 2.75) is 50.0 Å². The molecule has 5 nitrogen and oxygen atoms in total. The van der Waals surface area contributed by atoms with Crippen LogP contribution in [0.25, 0.3) is 0 Å². The maximum atomic E-state index is 11.5. The summed E-state index contributed by atoms with van der Waals surface area (Å²) in [4.78, 5) is 22.5. The number of thioether (sulfide) groups is 1. The highest BCUT2D eigenvalue weighted by Gasteiger charge is 2.27. The molecule has 0 radical (unpaired) electrons. The molecule has 1 amide bonds. The van der Waals surface area contributed by atoms with Gasteiger partial charge in [-0.2, -0.15) is 11.8 Å². The Balaban J connectivity index is 2.45. The summed E-state index contributed by atoms with van der Waals surface area (Å²) in [5, 5.41) is 12.6. The molecule has 0 unspecified atom stereocenters. The molecule has 1 fully saturated rings. The fraction of sp³-hybridized carbons (Fsp3) is 0.833. The minimum atomic E-state index is -0.633. The fourth-order valence-electron chi connectivity index (χ4n) is 2.05. The largest absolute Gasteiger partial charge is 0.467 e. The van der Waals surface area contributed by atoms with Crippen LogP contribution in [0.3, 0.4) is 0 Å². The Morgan fingerprint density at radius 1 is 1.44 bits per heavy atom. The molecule has 0 aromatic rings. The standard InChI is InChI=1S/C12H21NO4S/c1-8(14)13-9(12(16)17-2)7-18-11-6-4-3-5-10(11)15/h9-11,15H,3-7H2,1-2H3,(H,13,14)/t9-,10-,11-/m1/s1. The van der Waals surface area contributed by atoms with E-state index in [9.17, 15) is 14.7 Å². The third-order valence-electron chi connectivity index (χ3n) is 3.01. The van der Waals surface area contributed by atoms with Crippen LogP contribution in [-0.2, 0) is 14.3 Å². The first-order chi connectivity index (χ1) is 8.54. The van der Waals surface area contributed by atoms with Crippen molar-refractivity contribution < 1.29 is 19.4 Å². The molecule has 3 atom stereocenters. The summed E-state index contributed by atoms with van der Waals surface area (Å²) in [7, 11) is 1.30. The minimum absolute atomic E-state index is 0.152. The average molecular weight is 275 g/mol. The molecule has 1 saturated carbocycles. The van der Waals surface area contributed by atoms with Gasteiger partial charge in [-0.1, -0.05) is 12.8 Å². The SMILES string of the molecule is COC(=O)[C@@H](CS[C@@H]1CCCC[C@H]1O)NC(C)=O. The summed E-state index contributed by atoms with van der Waals surface area (Å²) in [6.07, 6.45) is 3.64. The van der Waals surface area contributed by atoms with Crippen molar-refractivity contribution in [2.75, 3.05) is 12.9 Å². The van der Waals surface area contributed by atoms with Crippen LogP contribution in [0.5, 0.6) is 0 Å². The number of hydrogen-bond donors (Lipinski definition) is 2. The van der Waals surface area contributed by atoms with Crippen LogP contribution < -0.4 is 5.32 Å². The molecule has 6 heteroatoms. The van der Waals surface area contributed by atoms with E-state index in [1.54, 1.807) is 0 Å². The third-order valence-corrected chi connectivity index (χ3v) is 4.51. The molecule has 104 valence electrons. The van der Waals surface area contributed by atoms with Crippen LogP contribution in [0.1, 0.15) is 32.6 Å². The maximum absolute atomic E-state index is 11.5. The summed E-state index contributed by atoms with van der Waals surface area (Å²) < 4.78 is 4.65. The molecule has 0 heterocycles. The number of nitrogens with one attached hydrogen (secondary N) is 1. The first-order valence-electron chi connectivity index (χ1n) is 6.19. The number of esters is 1. The first-order valence-corrected chi connectivity index (χ1v) is 7.24. The maximum Gasteiger partial charge on any atom is 0.329 e. The van der Waals surface area contributed by atoms with E-state index in [1.165, 1.54) is 25.8 Å². The van der Waals surface area contributed by atoms with Crippen molar-refractivity contribution in [1.82, 2.24) is 5.32 Å². The predicted octanol–water partition coefficient (Wildman–Crippen LogP) is 0.701. The molecule has 18 heavy (non-hydrogen) atoms. The highest BCUT2D eigenvalue weighted by Crippen LogP contribution is 2.29. The zero-order valence-corrected chi connectivity index (χ0v) is 11.7. The Kier molecular flexibility index (Phi) is 6.49. The lowest BCUT2D eigenvalue weighted by atomic mass is 9.97. The van der Waals surface area contributed by atoms with Gasteiger partial charge in [0.2, 0.25) is 5.91 Å². The number of rotatable bonds is 5.